The molecule has 0 atom stereocenters. The van der Waals surface area contributed by atoms with Gasteiger partial charge < -0.3 is 4.74 Å². The summed E-state index contributed by atoms with van der Waals surface area (Å²) in [5.41, 5.74) is 2.95. The van der Waals surface area contributed by atoms with Crippen LogP contribution in [0.1, 0.15) is 11.1 Å². The first-order valence-corrected chi connectivity index (χ1v) is 7.48. The van der Waals surface area contributed by atoms with Crippen molar-refractivity contribution in [3.63, 3.8) is 0 Å². The Morgan fingerprint density at radius 1 is 1.21 bits per heavy atom. The van der Waals surface area contributed by atoms with Crippen molar-refractivity contribution in [1.29, 1.82) is 0 Å². The second-order valence-corrected chi connectivity index (χ2v) is 5.68. The number of benzene rings is 1. The molecule has 5 nitrogen and oxygen atoms in total. The topological polar surface area (TPSA) is 60.7 Å². The van der Waals surface area contributed by atoms with Gasteiger partial charge >= 0.3 is 5.97 Å². The minimum atomic E-state index is -0.569. The van der Waals surface area contributed by atoms with Gasteiger partial charge in [-0.05, 0) is 19.1 Å². The predicted octanol–water partition coefficient (Wildman–Crippen LogP) is 2.93. The van der Waals surface area contributed by atoms with Crippen LogP contribution in [-0.2, 0) is 9.53 Å². The summed E-state index contributed by atoms with van der Waals surface area (Å²) >= 11 is 0. The minimum Gasteiger partial charge on any atom is -0.465 e. The maximum Gasteiger partial charge on any atom is 0.337 e. The van der Waals surface area contributed by atoms with E-state index < -0.39 is 5.97 Å². The summed E-state index contributed by atoms with van der Waals surface area (Å²) in [4.78, 5) is 29.4. The lowest BCUT2D eigenvalue weighted by Crippen LogP contribution is -2.19. The summed E-state index contributed by atoms with van der Waals surface area (Å²) in [5.74, 6) is -0.569. The molecule has 1 aromatic carbocycles. The first-order valence-electron chi connectivity index (χ1n) is 7.48. The third kappa shape index (κ3) is 1.66. The molecule has 0 aliphatic heterocycles. The number of nitrogens with zero attached hydrogens (tertiary/aromatic N) is 2. The average molecular weight is 318 g/mol. The van der Waals surface area contributed by atoms with Crippen LogP contribution in [0.25, 0.3) is 32.9 Å². The van der Waals surface area contributed by atoms with Crippen LogP contribution in [-0.4, -0.2) is 22.5 Å². The van der Waals surface area contributed by atoms with E-state index in [1.165, 1.54) is 7.11 Å². The Hall–Kier alpha value is -3.21. The Kier molecular flexibility index (Phi) is 2.93. The fourth-order valence-electron chi connectivity index (χ4n) is 3.36. The van der Waals surface area contributed by atoms with Gasteiger partial charge in [-0.1, -0.05) is 24.8 Å². The van der Waals surface area contributed by atoms with Gasteiger partial charge in [0.05, 0.1) is 29.2 Å². The van der Waals surface area contributed by atoms with E-state index in [-0.39, 0.29) is 11.1 Å². The molecule has 0 unspecified atom stereocenters. The van der Waals surface area contributed by atoms with Crippen molar-refractivity contribution in [3.8, 4) is 0 Å². The van der Waals surface area contributed by atoms with Crippen molar-refractivity contribution in [2.24, 2.45) is 0 Å². The lowest BCUT2D eigenvalue weighted by Gasteiger charge is -2.11. The molecule has 0 N–H and O–H groups in total. The zero-order valence-electron chi connectivity index (χ0n) is 13.3. The van der Waals surface area contributed by atoms with Gasteiger partial charge in [-0.3, -0.25) is 14.2 Å². The molecule has 4 rings (SSSR count). The summed E-state index contributed by atoms with van der Waals surface area (Å²) < 4.78 is 6.44. The van der Waals surface area contributed by atoms with Crippen LogP contribution in [0.15, 0.2) is 47.9 Å². The van der Waals surface area contributed by atoms with Crippen LogP contribution < -0.4 is 5.56 Å². The standard InChI is InChI=1S/C19H14N2O3/c1-10-15(11(2)19(23)24-3)16-17-13(8-9-20-16)12-6-4-5-7-14(12)21(17)18(10)22/h4-9H,2H2,1,3H3. The average Bonchev–Trinajstić information content (AvgIpc) is 2.95. The number of aromatic nitrogens is 2. The monoisotopic (exact) mass is 318 g/mol. The van der Waals surface area contributed by atoms with E-state index in [2.05, 4.69) is 11.6 Å². The first kappa shape index (κ1) is 14.4. The number of methoxy groups -OCH3 is 1. The maximum atomic E-state index is 13.0. The van der Waals surface area contributed by atoms with Crippen LogP contribution in [0.4, 0.5) is 0 Å². The number of para-hydroxylation sites is 1. The molecule has 0 radical (unpaired) electrons. The number of pyridine rings is 2. The second kappa shape index (κ2) is 4.89. The smallest absolute Gasteiger partial charge is 0.337 e. The molecule has 3 heterocycles. The van der Waals surface area contributed by atoms with Crippen molar-refractivity contribution in [3.05, 3.63) is 64.6 Å². The van der Waals surface area contributed by atoms with E-state index in [1.54, 1.807) is 17.5 Å². The van der Waals surface area contributed by atoms with Crippen molar-refractivity contribution < 1.29 is 9.53 Å². The molecule has 4 aromatic rings. The number of carbonyl (C=O) groups excluding carboxylic acids is 1. The third-order valence-electron chi connectivity index (χ3n) is 4.45. The summed E-state index contributed by atoms with van der Waals surface area (Å²) in [7, 11) is 1.29. The van der Waals surface area contributed by atoms with E-state index in [1.807, 2.05) is 30.3 Å². The van der Waals surface area contributed by atoms with Gasteiger partial charge in [0.2, 0.25) is 0 Å². The summed E-state index contributed by atoms with van der Waals surface area (Å²) in [5, 5.41) is 1.90. The van der Waals surface area contributed by atoms with E-state index in [0.29, 0.717) is 22.2 Å². The molecular weight excluding hydrogens is 304 g/mol. The predicted molar refractivity (Wildman–Crippen MR) is 93.4 cm³/mol. The number of fused-ring (bicyclic) bond motifs is 3. The highest BCUT2D eigenvalue weighted by molar-refractivity contribution is 6.22. The van der Waals surface area contributed by atoms with Gasteiger partial charge in [0, 0.05) is 28.1 Å². The Morgan fingerprint density at radius 2 is 1.96 bits per heavy atom. The number of rotatable bonds is 2. The summed E-state index contributed by atoms with van der Waals surface area (Å²) in [6.07, 6.45) is 1.68. The molecule has 0 aliphatic rings. The van der Waals surface area contributed by atoms with Crippen LogP contribution in [0.2, 0.25) is 0 Å². The maximum absolute atomic E-state index is 13.0. The van der Waals surface area contributed by atoms with E-state index in [4.69, 9.17) is 4.74 Å². The highest BCUT2D eigenvalue weighted by atomic mass is 16.5. The van der Waals surface area contributed by atoms with Crippen LogP contribution >= 0.6 is 0 Å². The van der Waals surface area contributed by atoms with Gasteiger partial charge in [0.1, 0.15) is 0 Å². The first-order chi connectivity index (χ1) is 11.6. The fraction of sp³-hybridized carbons (Fsp3) is 0.105. The molecular formula is C19H14N2O3. The van der Waals surface area contributed by atoms with Crippen LogP contribution in [0.5, 0.6) is 0 Å². The molecule has 0 saturated carbocycles. The lowest BCUT2D eigenvalue weighted by atomic mass is 10.0. The number of esters is 1. The molecule has 0 amide bonds. The molecule has 5 heteroatoms. The Labute approximate surface area is 137 Å². The van der Waals surface area contributed by atoms with Crippen molar-refractivity contribution in [2.75, 3.05) is 7.11 Å². The molecule has 0 aliphatic carbocycles. The number of ether oxygens (including phenoxy) is 1. The van der Waals surface area contributed by atoms with Gasteiger partial charge in [0.25, 0.3) is 5.56 Å². The fourth-order valence-corrected chi connectivity index (χ4v) is 3.36. The Balaban J connectivity index is 2.31. The molecule has 3 aromatic heterocycles. The van der Waals surface area contributed by atoms with Crippen molar-refractivity contribution in [1.82, 2.24) is 9.38 Å². The molecule has 0 spiro atoms. The quantitative estimate of drug-likeness (QED) is 0.421. The minimum absolute atomic E-state index is 0.139. The van der Waals surface area contributed by atoms with E-state index in [9.17, 15) is 9.59 Å². The van der Waals surface area contributed by atoms with E-state index >= 15 is 0 Å². The van der Waals surface area contributed by atoms with E-state index in [0.717, 1.165) is 16.3 Å². The number of hydrogen-bond donors (Lipinski definition) is 0. The van der Waals surface area contributed by atoms with Gasteiger partial charge in [-0.25, -0.2) is 4.79 Å². The van der Waals surface area contributed by atoms with Gasteiger partial charge in [-0.2, -0.15) is 0 Å². The highest BCUT2D eigenvalue weighted by Gasteiger charge is 2.23. The highest BCUT2D eigenvalue weighted by Crippen LogP contribution is 2.33. The third-order valence-corrected chi connectivity index (χ3v) is 4.45. The molecule has 0 saturated heterocycles. The lowest BCUT2D eigenvalue weighted by molar-refractivity contribution is -0.133. The van der Waals surface area contributed by atoms with Crippen LogP contribution in [0, 0.1) is 6.92 Å². The van der Waals surface area contributed by atoms with Crippen molar-refractivity contribution >= 4 is 38.9 Å². The normalized spacial score (nSPS) is 11.4. The Bertz CT molecular complexity index is 1200. The van der Waals surface area contributed by atoms with Crippen molar-refractivity contribution in [2.45, 2.75) is 6.92 Å². The molecule has 0 bridgehead atoms. The zero-order valence-corrected chi connectivity index (χ0v) is 13.3. The molecule has 0 fully saturated rings. The van der Waals surface area contributed by atoms with Crippen LogP contribution in [0.3, 0.4) is 0 Å². The number of carbonyl (C=O) groups is 1. The molecule has 118 valence electrons. The van der Waals surface area contributed by atoms with Gasteiger partial charge in [0.15, 0.2) is 0 Å². The summed E-state index contributed by atoms with van der Waals surface area (Å²) in [6, 6.07) is 9.59. The molecule has 24 heavy (non-hydrogen) atoms. The Morgan fingerprint density at radius 3 is 2.71 bits per heavy atom. The largest absolute Gasteiger partial charge is 0.465 e. The SMILES string of the molecule is C=C(C(=O)OC)c1c(C)c(=O)n2c3ccccc3c3ccnc1c32. The number of hydrogen-bond acceptors (Lipinski definition) is 4. The summed E-state index contributed by atoms with van der Waals surface area (Å²) in [6.45, 7) is 5.50. The second-order valence-electron chi connectivity index (χ2n) is 5.68. The van der Waals surface area contributed by atoms with Gasteiger partial charge in [-0.15, -0.1) is 0 Å². The zero-order chi connectivity index (χ0) is 17.0.